The summed E-state index contributed by atoms with van der Waals surface area (Å²) in [5, 5.41) is 1.59. The van der Waals surface area contributed by atoms with Gasteiger partial charge in [0.25, 0.3) is 0 Å². The molecule has 0 saturated carbocycles. The maximum atomic E-state index is 6.24. The minimum Gasteiger partial charge on any atom is -0.0843 e. The van der Waals surface area contributed by atoms with Crippen molar-refractivity contribution in [2.75, 3.05) is 0 Å². The molecule has 2 heteroatoms. The Morgan fingerprint density at radius 3 is 2.38 bits per heavy atom. The molecule has 0 N–H and O–H groups in total. The molecule has 21 heavy (non-hydrogen) atoms. The summed E-state index contributed by atoms with van der Waals surface area (Å²) in [6, 6.07) is 12.5. The predicted octanol–water partition coefficient (Wildman–Crippen LogP) is 7.26. The third-order valence-corrected chi connectivity index (χ3v) is 4.71. The number of aryl methyl sites for hydroxylation is 1. The van der Waals surface area contributed by atoms with Crippen LogP contribution in [0.15, 0.2) is 36.4 Å². The average Bonchev–Trinajstić information content (AvgIpc) is 2.48. The van der Waals surface area contributed by atoms with Gasteiger partial charge in [-0.15, -0.1) is 0 Å². The third kappa shape index (κ3) is 3.81. The zero-order chi connectivity index (χ0) is 15.4. The Labute approximate surface area is 138 Å². The Balaban J connectivity index is 2.55. The van der Waals surface area contributed by atoms with Crippen LogP contribution in [-0.2, 0) is 0 Å². The van der Waals surface area contributed by atoms with Crippen LogP contribution < -0.4 is 0 Å². The summed E-state index contributed by atoms with van der Waals surface area (Å²) in [6.45, 7) is 6.54. The molecule has 0 nitrogen and oxygen atoms in total. The number of hydrogen-bond acceptors (Lipinski definition) is 0. The standard InChI is InChI=1S/C19H22Cl2/c1-4-6-14(5-2)17-9-8-16(20)12-18(17)15-7-10-19(21)13(3)11-15/h7-12,14H,4-6H2,1-3H3. The smallest absolute Gasteiger partial charge is 0.0435 e. The van der Waals surface area contributed by atoms with Crippen molar-refractivity contribution >= 4 is 23.2 Å². The third-order valence-electron chi connectivity index (χ3n) is 4.05. The molecule has 0 spiro atoms. The van der Waals surface area contributed by atoms with Crippen LogP contribution in [-0.4, -0.2) is 0 Å². The first kappa shape index (κ1) is 16.4. The van der Waals surface area contributed by atoms with Crippen molar-refractivity contribution in [1.82, 2.24) is 0 Å². The molecule has 0 amide bonds. The van der Waals surface area contributed by atoms with E-state index in [1.54, 1.807) is 0 Å². The lowest BCUT2D eigenvalue weighted by Crippen LogP contribution is -2.00. The fourth-order valence-corrected chi connectivity index (χ4v) is 3.16. The highest BCUT2D eigenvalue weighted by atomic mass is 35.5. The van der Waals surface area contributed by atoms with Gasteiger partial charge in [-0.05, 0) is 72.2 Å². The fourth-order valence-electron chi connectivity index (χ4n) is 2.87. The number of benzene rings is 2. The van der Waals surface area contributed by atoms with Crippen LogP contribution in [0, 0.1) is 6.92 Å². The van der Waals surface area contributed by atoms with E-state index in [0.29, 0.717) is 5.92 Å². The summed E-state index contributed by atoms with van der Waals surface area (Å²) >= 11 is 12.4. The number of hydrogen-bond donors (Lipinski definition) is 0. The molecular weight excluding hydrogens is 299 g/mol. The van der Waals surface area contributed by atoms with Crippen molar-refractivity contribution in [3.05, 3.63) is 57.6 Å². The first-order chi connectivity index (χ1) is 10.1. The molecule has 0 radical (unpaired) electrons. The molecule has 0 aromatic heterocycles. The van der Waals surface area contributed by atoms with Gasteiger partial charge in [0.2, 0.25) is 0 Å². The van der Waals surface area contributed by atoms with Crippen LogP contribution in [0.2, 0.25) is 10.0 Å². The summed E-state index contributed by atoms with van der Waals surface area (Å²) in [7, 11) is 0. The van der Waals surface area contributed by atoms with E-state index in [9.17, 15) is 0 Å². The molecule has 0 fully saturated rings. The van der Waals surface area contributed by atoms with Crippen LogP contribution >= 0.6 is 23.2 Å². The van der Waals surface area contributed by atoms with E-state index in [0.717, 1.165) is 22.0 Å². The van der Waals surface area contributed by atoms with E-state index in [4.69, 9.17) is 23.2 Å². The molecule has 0 aliphatic carbocycles. The van der Waals surface area contributed by atoms with Crippen LogP contribution in [0.1, 0.15) is 50.2 Å². The summed E-state index contributed by atoms with van der Waals surface area (Å²) in [4.78, 5) is 0. The van der Waals surface area contributed by atoms with E-state index in [1.807, 2.05) is 19.1 Å². The number of halogens is 2. The second-order valence-corrected chi connectivity index (χ2v) is 6.43. The van der Waals surface area contributed by atoms with Crippen molar-refractivity contribution in [3.63, 3.8) is 0 Å². The van der Waals surface area contributed by atoms with Crippen molar-refractivity contribution in [1.29, 1.82) is 0 Å². The molecule has 2 aromatic rings. The van der Waals surface area contributed by atoms with Gasteiger partial charge in [-0.25, -0.2) is 0 Å². The molecule has 0 saturated heterocycles. The molecule has 2 aromatic carbocycles. The van der Waals surface area contributed by atoms with Gasteiger partial charge in [-0.1, -0.05) is 55.6 Å². The summed E-state index contributed by atoms with van der Waals surface area (Å²) in [5.74, 6) is 0.582. The predicted molar refractivity (Wildman–Crippen MR) is 94.6 cm³/mol. The van der Waals surface area contributed by atoms with Crippen molar-refractivity contribution in [3.8, 4) is 11.1 Å². The maximum absolute atomic E-state index is 6.24. The Morgan fingerprint density at radius 1 is 1.00 bits per heavy atom. The van der Waals surface area contributed by atoms with Gasteiger partial charge in [0.05, 0.1) is 0 Å². The van der Waals surface area contributed by atoms with E-state index < -0.39 is 0 Å². The SMILES string of the molecule is CCCC(CC)c1ccc(Cl)cc1-c1ccc(Cl)c(C)c1. The van der Waals surface area contributed by atoms with E-state index in [2.05, 4.69) is 38.1 Å². The second-order valence-electron chi connectivity index (χ2n) is 5.59. The minimum atomic E-state index is 0.582. The normalized spacial score (nSPS) is 12.4. The molecule has 1 atom stereocenters. The van der Waals surface area contributed by atoms with E-state index in [1.165, 1.54) is 29.5 Å². The Morgan fingerprint density at radius 2 is 1.76 bits per heavy atom. The highest BCUT2D eigenvalue weighted by Gasteiger charge is 2.15. The highest BCUT2D eigenvalue weighted by molar-refractivity contribution is 6.31. The van der Waals surface area contributed by atoms with Gasteiger partial charge >= 0.3 is 0 Å². The second kappa shape index (κ2) is 7.33. The average molecular weight is 321 g/mol. The lowest BCUT2D eigenvalue weighted by molar-refractivity contribution is 0.597. The molecular formula is C19H22Cl2. The van der Waals surface area contributed by atoms with Gasteiger partial charge in [0.15, 0.2) is 0 Å². The molecule has 0 aliphatic heterocycles. The molecule has 0 aliphatic rings. The van der Waals surface area contributed by atoms with Crippen LogP contribution in [0.25, 0.3) is 11.1 Å². The Hall–Kier alpha value is -0.980. The van der Waals surface area contributed by atoms with Crippen LogP contribution in [0.4, 0.5) is 0 Å². The minimum absolute atomic E-state index is 0.582. The zero-order valence-corrected chi connectivity index (χ0v) is 14.4. The maximum Gasteiger partial charge on any atom is 0.0435 e. The monoisotopic (exact) mass is 320 g/mol. The van der Waals surface area contributed by atoms with Gasteiger partial charge in [-0.2, -0.15) is 0 Å². The first-order valence-electron chi connectivity index (χ1n) is 7.62. The van der Waals surface area contributed by atoms with Gasteiger partial charge in [0.1, 0.15) is 0 Å². The Kier molecular flexibility index (Phi) is 5.72. The molecule has 0 bridgehead atoms. The van der Waals surface area contributed by atoms with Crippen molar-refractivity contribution < 1.29 is 0 Å². The van der Waals surface area contributed by atoms with Gasteiger partial charge in [-0.3, -0.25) is 0 Å². The van der Waals surface area contributed by atoms with Crippen LogP contribution in [0.3, 0.4) is 0 Å². The largest absolute Gasteiger partial charge is 0.0843 e. The fraction of sp³-hybridized carbons (Fsp3) is 0.368. The highest BCUT2D eigenvalue weighted by Crippen LogP contribution is 2.36. The van der Waals surface area contributed by atoms with E-state index >= 15 is 0 Å². The zero-order valence-electron chi connectivity index (χ0n) is 12.9. The molecule has 112 valence electrons. The lowest BCUT2D eigenvalue weighted by Gasteiger charge is -2.19. The molecule has 1 unspecified atom stereocenters. The van der Waals surface area contributed by atoms with Gasteiger partial charge < -0.3 is 0 Å². The summed E-state index contributed by atoms with van der Waals surface area (Å²) in [5.41, 5.74) is 4.93. The number of rotatable bonds is 5. The molecule has 2 rings (SSSR count). The van der Waals surface area contributed by atoms with Gasteiger partial charge in [0, 0.05) is 10.0 Å². The summed E-state index contributed by atoms with van der Waals surface area (Å²) < 4.78 is 0. The van der Waals surface area contributed by atoms with Crippen LogP contribution in [0.5, 0.6) is 0 Å². The van der Waals surface area contributed by atoms with E-state index in [-0.39, 0.29) is 0 Å². The van der Waals surface area contributed by atoms with Crippen molar-refractivity contribution in [2.24, 2.45) is 0 Å². The summed E-state index contributed by atoms with van der Waals surface area (Å²) in [6.07, 6.45) is 3.55. The first-order valence-corrected chi connectivity index (χ1v) is 8.38. The molecule has 0 heterocycles. The van der Waals surface area contributed by atoms with Crippen molar-refractivity contribution in [2.45, 2.75) is 46.0 Å². The quantitative estimate of drug-likeness (QED) is 0.543. The Bertz CT molecular complexity index is 617. The topological polar surface area (TPSA) is 0 Å². The lowest BCUT2D eigenvalue weighted by atomic mass is 9.86.